The number of amides is 2. The van der Waals surface area contributed by atoms with Gasteiger partial charge in [-0.25, -0.2) is 0 Å². The van der Waals surface area contributed by atoms with E-state index in [9.17, 15) is 29.8 Å². The van der Waals surface area contributed by atoms with Crippen LogP contribution in [0.5, 0.6) is 0 Å². The fraction of sp³-hybridized carbons (Fsp3) is 0.214. The van der Waals surface area contributed by atoms with Crippen molar-refractivity contribution in [1.82, 2.24) is 19.8 Å². The van der Waals surface area contributed by atoms with E-state index in [1.165, 1.54) is 56.7 Å². The number of hydrogen-bond donors (Lipinski definition) is 2. The Morgan fingerprint density at radius 2 is 1.00 bits per heavy atom. The van der Waals surface area contributed by atoms with Gasteiger partial charge in [-0.3, -0.25) is 29.8 Å². The normalized spacial score (nSPS) is 9.10. The average molecular weight is 798 g/mol. The summed E-state index contributed by atoms with van der Waals surface area (Å²) < 4.78 is 0. The number of aromatic nitrogens is 2. The number of anilines is 2. The third kappa shape index (κ3) is 19.8. The van der Waals surface area contributed by atoms with Gasteiger partial charge in [-0.1, -0.05) is 24.4 Å². The minimum atomic E-state index is -0.454. The number of nitro benzene ring substituents is 2. The molecule has 16 nitrogen and oxygen atoms in total. The van der Waals surface area contributed by atoms with E-state index in [-0.39, 0.29) is 41.1 Å². The summed E-state index contributed by atoms with van der Waals surface area (Å²) in [5.41, 5.74) is 1.35. The molecule has 2 aromatic carbocycles. The predicted octanol–water partition coefficient (Wildman–Crippen LogP) is 6.93. The molecule has 0 radical (unpaired) electrons. The number of benzene rings is 2. The van der Waals surface area contributed by atoms with Crippen molar-refractivity contribution < 1.29 is 38.9 Å². The first kappa shape index (κ1) is 44.4. The molecule has 4 aromatic rings. The summed E-state index contributed by atoms with van der Waals surface area (Å²) in [5.74, 6) is 0. The first-order valence-electron chi connectivity index (χ1n) is 13.3. The van der Waals surface area contributed by atoms with Crippen molar-refractivity contribution in [3.63, 3.8) is 0 Å². The van der Waals surface area contributed by atoms with E-state index in [1.807, 2.05) is 13.8 Å². The van der Waals surface area contributed by atoms with Gasteiger partial charge in [0.25, 0.3) is 11.4 Å². The van der Waals surface area contributed by atoms with E-state index < -0.39 is 9.85 Å². The molecular weight excluding hydrogens is 766 g/mol. The Kier molecular flexibility index (Phi) is 21.5. The Morgan fingerprint density at radius 3 is 1.20 bits per heavy atom. The van der Waals surface area contributed by atoms with Crippen LogP contribution in [0.2, 0.25) is 0 Å². The van der Waals surface area contributed by atoms with Crippen molar-refractivity contribution in [3.8, 4) is 0 Å². The van der Waals surface area contributed by atoms with E-state index in [0.29, 0.717) is 21.6 Å². The van der Waals surface area contributed by atoms with E-state index in [4.69, 9.17) is 24.4 Å². The Balaban J connectivity index is 0.000000727. The third-order valence-electron chi connectivity index (χ3n) is 4.69. The summed E-state index contributed by atoms with van der Waals surface area (Å²) in [5, 5.41) is 36.7. The maximum atomic E-state index is 10.5. The number of hydrogen-bond acceptors (Lipinski definition) is 12. The molecule has 0 bridgehead atoms. The summed E-state index contributed by atoms with van der Waals surface area (Å²) in [6, 6.07) is 11.9. The SMILES string of the molecule is CN(C)C=O.CN(C)C=O.Cc1cnc([N-]C(=S)Nc2ccc([N+](=O)[O-])cc2)s1.Cc1cnc([N-]C(=S)Nc2ccc([N+](=O)[O-])cc2)s1.[Zn+2]. The van der Waals surface area contributed by atoms with Crippen LogP contribution in [0.15, 0.2) is 60.9 Å². The number of rotatable bonds is 8. The van der Waals surface area contributed by atoms with Crippen molar-refractivity contribution >= 4 is 103 Å². The maximum absolute atomic E-state index is 10.5. The number of non-ortho nitro benzene ring substituents is 2. The Labute approximate surface area is 314 Å². The first-order chi connectivity index (χ1) is 22.6. The molecule has 4 rings (SSSR count). The van der Waals surface area contributed by atoms with Crippen molar-refractivity contribution in [2.45, 2.75) is 13.8 Å². The molecule has 0 aliphatic heterocycles. The molecule has 2 amide bonds. The number of carbonyl (C=O) groups excluding carboxylic acids is 2. The van der Waals surface area contributed by atoms with Crippen LogP contribution in [0.1, 0.15) is 9.75 Å². The van der Waals surface area contributed by atoms with Gasteiger partial charge in [-0.2, -0.15) is 0 Å². The van der Waals surface area contributed by atoms with Gasteiger partial charge >= 0.3 is 19.5 Å². The van der Waals surface area contributed by atoms with Crippen molar-refractivity contribution in [1.29, 1.82) is 0 Å². The fourth-order valence-electron chi connectivity index (χ4n) is 2.60. The van der Waals surface area contributed by atoms with Gasteiger partial charge in [-0.05, 0) is 61.9 Å². The van der Waals surface area contributed by atoms with E-state index in [0.717, 1.165) is 22.6 Å². The first-order valence-corrected chi connectivity index (χ1v) is 15.7. The van der Waals surface area contributed by atoms with Gasteiger partial charge in [0.05, 0.1) is 30.3 Å². The molecule has 0 aliphatic carbocycles. The number of nitro groups is 2. The zero-order valence-electron chi connectivity index (χ0n) is 27.3. The van der Waals surface area contributed by atoms with Crippen LogP contribution in [0.25, 0.3) is 10.6 Å². The van der Waals surface area contributed by atoms with Gasteiger partial charge < -0.3 is 41.0 Å². The van der Waals surface area contributed by atoms with Crippen LogP contribution in [-0.2, 0) is 29.1 Å². The molecule has 0 atom stereocenters. The van der Waals surface area contributed by atoms with Crippen LogP contribution >= 0.6 is 47.1 Å². The van der Waals surface area contributed by atoms with Crippen LogP contribution in [0, 0.1) is 34.1 Å². The molecule has 0 aliphatic rings. The molecule has 2 aromatic heterocycles. The predicted molar refractivity (Wildman–Crippen MR) is 198 cm³/mol. The minimum Gasteiger partial charge on any atom is -0.405 e. The Hall–Kier alpha value is -4.56. The topological polar surface area (TPSA) is 205 Å². The van der Waals surface area contributed by atoms with Crippen LogP contribution in [-0.4, -0.2) is 80.9 Å². The number of thiazole rings is 2. The second kappa shape index (κ2) is 23.7. The molecule has 21 heteroatoms. The number of nitrogens with one attached hydrogen (secondary N) is 2. The Morgan fingerprint density at radius 1 is 0.714 bits per heavy atom. The number of thiocarbonyl (C=S) groups is 2. The standard InChI is InChI=1S/2C11H10N4O2S2.2C3H7NO.Zn/c2*1-7-6-12-11(19-7)14-10(18)13-8-2-4-9(5-3-8)15(16)17;2*1-4(2)3-5;/h2*2-6H,1H3,(H2,12,13,14,18);2*3H,1-2H3;/q;;;;+2/p-2. The summed E-state index contributed by atoms with van der Waals surface area (Å²) in [6.45, 7) is 3.87. The molecule has 2 N–H and O–H groups in total. The van der Waals surface area contributed by atoms with Crippen molar-refractivity contribution in [3.05, 3.63) is 102 Å². The zero-order valence-corrected chi connectivity index (χ0v) is 33.5. The molecular formula is C28H32N10O6S4Zn. The molecule has 0 saturated heterocycles. The van der Waals surface area contributed by atoms with Crippen LogP contribution in [0.3, 0.4) is 0 Å². The number of carbonyl (C=O) groups is 2. The number of nitrogens with zero attached hydrogens (tertiary/aromatic N) is 8. The summed E-state index contributed by atoms with van der Waals surface area (Å²) in [6.07, 6.45) is 4.94. The van der Waals surface area contributed by atoms with Gasteiger partial charge in [0.15, 0.2) is 0 Å². The molecule has 2 heterocycles. The van der Waals surface area contributed by atoms with E-state index in [2.05, 4.69) is 31.2 Å². The van der Waals surface area contributed by atoms with E-state index in [1.54, 1.807) is 64.8 Å². The van der Waals surface area contributed by atoms with Crippen molar-refractivity contribution in [2.75, 3.05) is 38.8 Å². The largest absolute Gasteiger partial charge is 2.00 e. The summed E-state index contributed by atoms with van der Waals surface area (Å²) >= 11 is 13.0. The van der Waals surface area contributed by atoms with Gasteiger partial charge in [-0.15, -0.1) is 22.7 Å². The van der Waals surface area contributed by atoms with Crippen molar-refractivity contribution in [2.24, 2.45) is 0 Å². The molecule has 256 valence electrons. The van der Waals surface area contributed by atoms with E-state index >= 15 is 0 Å². The van der Waals surface area contributed by atoms with Gasteiger partial charge in [0.1, 0.15) is 0 Å². The molecule has 0 fully saturated rings. The second-order valence-corrected chi connectivity index (χ2v) is 12.5. The third-order valence-corrected chi connectivity index (χ3v) is 6.69. The maximum Gasteiger partial charge on any atom is 2.00 e. The fourth-order valence-corrected chi connectivity index (χ4v) is 4.39. The quantitative estimate of drug-likeness (QED) is 0.0612. The summed E-state index contributed by atoms with van der Waals surface area (Å²) in [4.78, 5) is 52.1. The molecule has 0 saturated carbocycles. The molecule has 0 spiro atoms. The zero-order chi connectivity index (χ0) is 36.2. The Bertz CT molecular complexity index is 1530. The van der Waals surface area contributed by atoms with Crippen LogP contribution < -0.4 is 10.6 Å². The molecule has 0 unspecified atom stereocenters. The summed E-state index contributed by atoms with van der Waals surface area (Å²) in [7, 11) is 6.75. The van der Waals surface area contributed by atoms with Crippen LogP contribution in [0.4, 0.5) is 33.0 Å². The average Bonchev–Trinajstić information content (AvgIpc) is 3.64. The second-order valence-electron chi connectivity index (χ2n) is 9.34. The van der Waals surface area contributed by atoms with Gasteiger partial charge in [0, 0.05) is 62.2 Å². The monoisotopic (exact) mass is 796 g/mol. The van der Waals surface area contributed by atoms with Gasteiger partial charge in [0.2, 0.25) is 12.8 Å². The number of aryl methyl sites for hydroxylation is 2. The smallest absolute Gasteiger partial charge is 0.405 e. The molecule has 49 heavy (non-hydrogen) atoms. The minimum absolute atomic E-state index is 0.